The van der Waals surface area contributed by atoms with E-state index in [-0.39, 0.29) is 5.41 Å². The molecule has 0 aromatic carbocycles. The minimum absolute atomic E-state index is 0.0880. The van der Waals surface area contributed by atoms with Crippen molar-refractivity contribution in [3.8, 4) is 0 Å². The summed E-state index contributed by atoms with van der Waals surface area (Å²) in [7, 11) is 0. The van der Waals surface area contributed by atoms with Gasteiger partial charge in [-0.15, -0.1) is 11.3 Å². The molecule has 22 heavy (non-hydrogen) atoms. The summed E-state index contributed by atoms with van der Waals surface area (Å²) in [6.07, 6.45) is 3.25. The van der Waals surface area contributed by atoms with Gasteiger partial charge in [0.25, 0.3) is 0 Å². The normalized spacial score (nSPS) is 27.3. The first-order valence-electron chi connectivity index (χ1n) is 8.41. The lowest BCUT2D eigenvalue weighted by atomic mass is 9.71. The molecule has 0 aliphatic carbocycles. The summed E-state index contributed by atoms with van der Waals surface area (Å²) in [5.41, 5.74) is 1.07. The molecule has 2 saturated heterocycles. The first-order valence-corrected chi connectivity index (χ1v) is 9.23. The third-order valence-corrected chi connectivity index (χ3v) is 6.39. The molecule has 0 N–H and O–H groups in total. The second-order valence-electron chi connectivity index (χ2n) is 7.03. The number of carbonyl (C=O) groups excluding carboxylic acids is 1. The molecule has 2 aliphatic heterocycles. The van der Waals surface area contributed by atoms with Gasteiger partial charge in [0.05, 0.1) is 16.1 Å². The van der Waals surface area contributed by atoms with E-state index in [2.05, 4.69) is 42.5 Å². The van der Waals surface area contributed by atoms with E-state index in [0.29, 0.717) is 11.9 Å². The van der Waals surface area contributed by atoms with Crippen molar-refractivity contribution >= 4 is 17.2 Å². The summed E-state index contributed by atoms with van der Waals surface area (Å²) in [5, 5.41) is 1.14. The number of amides is 1. The van der Waals surface area contributed by atoms with Crippen LogP contribution in [0.15, 0.2) is 0 Å². The van der Waals surface area contributed by atoms with Crippen LogP contribution >= 0.6 is 11.3 Å². The Hall–Kier alpha value is -0.940. The molecule has 2 atom stereocenters. The van der Waals surface area contributed by atoms with Gasteiger partial charge in [0.2, 0.25) is 5.91 Å². The third kappa shape index (κ3) is 2.69. The highest BCUT2D eigenvalue weighted by Crippen LogP contribution is 2.42. The van der Waals surface area contributed by atoms with E-state index in [4.69, 9.17) is 0 Å². The number of piperidine rings is 1. The van der Waals surface area contributed by atoms with Gasteiger partial charge in [0.15, 0.2) is 0 Å². The van der Waals surface area contributed by atoms with Crippen LogP contribution < -0.4 is 0 Å². The Morgan fingerprint density at radius 2 is 2.14 bits per heavy atom. The Morgan fingerprint density at radius 3 is 2.73 bits per heavy atom. The van der Waals surface area contributed by atoms with Gasteiger partial charge in [-0.3, -0.25) is 9.69 Å². The molecule has 3 heterocycles. The number of aromatic nitrogens is 1. The molecule has 0 saturated carbocycles. The molecule has 1 amide bonds. The molecule has 4 nitrogen and oxygen atoms in total. The Bertz CT molecular complexity index is 570. The van der Waals surface area contributed by atoms with Crippen LogP contribution in [0.2, 0.25) is 0 Å². The van der Waals surface area contributed by atoms with E-state index in [1.165, 1.54) is 4.88 Å². The van der Waals surface area contributed by atoms with Crippen molar-refractivity contribution in [3.05, 3.63) is 15.6 Å². The molecule has 1 aromatic heterocycles. The van der Waals surface area contributed by atoms with Gasteiger partial charge >= 0.3 is 0 Å². The second kappa shape index (κ2) is 5.93. The van der Waals surface area contributed by atoms with Crippen molar-refractivity contribution < 1.29 is 4.79 Å². The maximum absolute atomic E-state index is 12.7. The number of nitrogens with zero attached hydrogens (tertiary/aromatic N) is 3. The summed E-state index contributed by atoms with van der Waals surface area (Å²) in [4.78, 5) is 23.1. The van der Waals surface area contributed by atoms with E-state index in [1.807, 2.05) is 0 Å². The van der Waals surface area contributed by atoms with E-state index in [1.54, 1.807) is 11.3 Å². The number of likely N-dealkylation sites (tertiary alicyclic amines) is 2. The summed E-state index contributed by atoms with van der Waals surface area (Å²) in [6, 6.07) is 0.389. The van der Waals surface area contributed by atoms with Crippen molar-refractivity contribution in [2.45, 2.75) is 59.5 Å². The number of hydrogen-bond acceptors (Lipinski definition) is 4. The zero-order valence-electron chi connectivity index (χ0n) is 14.2. The number of β-lactam (4-membered cyclic amide) rings is 1. The Kier molecular flexibility index (Phi) is 4.29. The molecule has 122 valence electrons. The van der Waals surface area contributed by atoms with Gasteiger partial charge < -0.3 is 4.90 Å². The topological polar surface area (TPSA) is 36.4 Å². The van der Waals surface area contributed by atoms with Gasteiger partial charge in [0, 0.05) is 30.6 Å². The number of carbonyl (C=O) groups is 1. The predicted molar refractivity (Wildman–Crippen MR) is 90.0 cm³/mol. The van der Waals surface area contributed by atoms with E-state index >= 15 is 0 Å². The summed E-state index contributed by atoms with van der Waals surface area (Å²) in [6.45, 7) is 12.4. The SMILES string of the molecule is CC[C@@H](C)N1C[C@@]2(CCCN(Cc3sc(C)nc3C)C2)C1=O. The summed E-state index contributed by atoms with van der Waals surface area (Å²) >= 11 is 1.80. The minimum atomic E-state index is -0.0880. The highest BCUT2D eigenvalue weighted by Gasteiger charge is 2.54. The smallest absolute Gasteiger partial charge is 0.232 e. The van der Waals surface area contributed by atoms with E-state index in [9.17, 15) is 4.79 Å². The van der Waals surface area contributed by atoms with Crippen LogP contribution in [-0.4, -0.2) is 46.4 Å². The lowest BCUT2D eigenvalue weighted by molar-refractivity contribution is -0.170. The number of thiazole rings is 1. The van der Waals surface area contributed by atoms with Crippen molar-refractivity contribution in [1.29, 1.82) is 0 Å². The average molecular weight is 321 g/mol. The van der Waals surface area contributed by atoms with Gasteiger partial charge in [-0.05, 0) is 46.6 Å². The van der Waals surface area contributed by atoms with Crippen LogP contribution in [0.4, 0.5) is 0 Å². The van der Waals surface area contributed by atoms with Gasteiger partial charge in [-0.1, -0.05) is 6.92 Å². The molecule has 1 spiro atoms. The van der Waals surface area contributed by atoms with Crippen molar-refractivity contribution in [2.75, 3.05) is 19.6 Å². The maximum Gasteiger partial charge on any atom is 0.232 e. The second-order valence-corrected chi connectivity index (χ2v) is 8.31. The molecule has 3 rings (SSSR count). The monoisotopic (exact) mass is 321 g/mol. The van der Waals surface area contributed by atoms with E-state index < -0.39 is 0 Å². The zero-order valence-corrected chi connectivity index (χ0v) is 15.0. The lowest BCUT2D eigenvalue weighted by Crippen LogP contribution is -2.68. The number of aryl methyl sites for hydroxylation is 2. The molecule has 0 radical (unpaired) electrons. The summed E-state index contributed by atoms with van der Waals surface area (Å²) < 4.78 is 0. The molecule has 2 fully saturated rings. The highest BCUT2D eigenvalue weighted by molar-refractivity contribution is 7.11. The van der Waals surface area contributed by atoms with E-state index in [0.717, 1.165) is 56.1 Å². The standard InChI is InChI=1S/C17H27N3OS/c1-5-12(2)20-11-17(16(20)21)7-6-8-19(10-17)9-15-13(3)18-14(4)22-15/h12H,5-11H2,1-4H3/t12-,17+/m1/s1. The van der Waals surface area contributed by atoms with Gasteiger partial charge in [0.1, 0.15) is 0 Å². The van der Waals surface area contributed by atoms with Crippen molar-refractivity contribution in [1.82, 2.24) is 14.8 Å². The number of hydrogen-bond donors (Lipinski definition) is 0. The van der Waals surface area contributed by atoms with Crippen molar-refractivity contribution in [2.24, 2.45) is 5.41 Å². The lowest BCUT2D eigenvalue weighted by Gasteiger charge is -2.55. The largest absolute Gasteiger partial charge is 0.338 e. The molecular weight excluding hydrogens is 294 g/mol. The fraction of sp³-hybridized carbons (Fsp3) is 0.765. The van der Waals surface area contributed by atoms with Crippen LogP contribution in [0.5, 0.6) is 0 Å². The molecule has 2 aliphatic rings. The Labute approximate surface area is 137 Å². The van der Waals surface area contributed by atoms with Gasteiger partial charge in [-0.25, -0.2) is 4.98 Å². The highest BCUT2D eigenvalue weighted by atomic mass is 32.1. The fourth-order valence-electron chi connectivity index (χ4n) is 3.84. The average Bonchev–Trinajstić information content (AvgIpc) is 2.82. The zero-order chi connectivity index (χ0) is 15.9. The van der Waals surface area contributed by atoms with Crippen LogP contribution in [0.3, 0.4) is 0 Å². The minimum Gasteiger partial charge on any atom is -0.338 e. The van der Waals surface area contributed by atoms with Crippen molar-refractivity contribution in [3.63, 3.8) is 0 Å². The third-order valence-electron chi connectivity index (χ3n) is 5.33. The Balaban J connectivity index is 1.65. The molecule has 1 aromatic rings. The van der Waals surface area contributed by atoms with Crippen LogP contribution in [0.25, 0.3) is 0 Å². The van der Waals surface area contributed by atoms with Crippen LogP contribution in [0.1, 0.15) is 48.7 Å². The first kappa shape index (κ1) is 15.9. The summed E-state index contributed by atoms with van der Waals surface area (Å²) in [5.74, 6) is 0.392. The fourth-order valence-corrected chi connectivity index (χ4v) is 4.82. The predicted octanol–water partition coefficient (Wildman–Crippen LogP) is 2.98. The maximum atomic E-state index is 12.7. The molecule has 5 heteroatoms. The number of rotatable bonds is 4. The first-order chi connectivity index (χ1) is 10.4. The molecule has 0 unspecified atom stereocenters. The Morgan fingerprint density at radius 1 is 1.36 bits per heavy atom. The molecular formula is C17H27N3OS. The van der Waals surface area contributed by atoms with Gasteiger partial charge in [-0.2, -0.15) is 0 Å². The van der Waals surface area contributed by atoms with Crippen LogP contribution in [-0.2, 0) is 11.3 Å². The molecule has 0 bridgehead atoms. The van der Waals surface area contributed by atoms with Crippen LogP contribution in [0, 0.1) is 19.3 Å². The quantitative estimate of drug-likeness (QED) is 0.800.